The third-order valence-electron chi connectivity index (χ3n) is 3.54. The van der Waals surface area contributed by atoms with E-state index >= 15 is 0 Å². The van der Waals surface area contributed by atoms with Gasteiger partial charge in [-0.15, -0.1) is 0 Å². The van der Waals surface area contributed by atoms with Crippen molar-refractivity contribution in [2.24, 2.45) is 0 Å². The van der Waals surface area contributed by atoms with Crippen molar-refractivity contribution in [2.45, 2.75) is 30.6 Å². The molecule has 5 nitrogen and oxygen atoms in total. The van der Waals surface area contributed by atoms with Crippen LogP contribution in [0.2, 0.25) is 0 Å². The second kappa shape index (κ2) is 5.00. The molecule has 6 heteroatoms. The van der Waals surface area contributed by atoms with Gasteiger partial charge in [0.05, 0.1) is 5.25 Å². The Hall–Kier alpha value is -0.170. The molecular formula is C10H20N2O3S. The van der Waals surface area contributed by atoms with Gasteiger partial charge in [0.25, 0.3) is 0 Å². The number of ether oxygens (including phenoxy) is 1. The van der Waals surface area contributed by atoms with Gasteiger partial charge in [-0.1, -0.05) is 0 Å². The lowest BCUT2D eigenvalue weighted by Crippen LogP contribution is -2.45. The molecule has 2 heterocycles. The van der Waals surface area contributed by atoms with E-state index in [0.29, 0.717) is 19.8 Å². The third kappa shape index (κ3) is 2.40. The van der Waals surface area contributed by atoms with Crippen LogP contribution < -0.4 is 5.32 Å². The summed E-state index contributed by atoms with van der Waals surface area (Å²) in [5.74, 6) is 0. The number of nitrogens with one attached hydrogen (secondary N) is 1. The third-order valence-corrected chi connectivity index (χ3v) is 5.89. The fourth-order valence-corrected chi connectivity index (χ4v) is 4.21. The Morgan fingerprint density at radius 2 is 1.94 bits per heavy atom. The molecular weight excluding hydrogens is 228 g/mol. The number of hydrogen-bond acceptors (Lipinski definition) is 4. The lowest BCUT2D eigenvalue weighted by Gasteiger charge is -2.32. The van der Waals surface area contributed by atoms with E-state index in [1.807, 2.05) is 0 Å². The summed E-state index contributed by atoms with van der Waals surface area (Å²) in [6.07, 6.45) is 2.36. The van der Waals surface area contributed by atoms with Gasteiger partial charge < -0.3 is 10.1 Å². The monoisotopic (exact) mass is 248 g/mol. The van der Waals surface area contributed by atoms with Crippen LogP contribution in [0.5, 0.6) is 0 Å². The van der Waals surface area contributed by atoms with Crippen LogP contribution in [0.4, 0.5) is 0 Å². The fraction of sp³-hybridized carbons (Fsp3) is 1.00. The molecule has 0 saturated carbocycles. The highest BCUT2D eigenvalue weighted by Crippen LogP contribution is 2.21. The Kier molecular flexibility index (Phi) is 3.84. The highest BCUT2D eigenvalue weighted by molar-refractivity contribution is 7.89. The Morgan fingerprint density at radius 1 is 1.25 bits per heavy atom. The van der Waals surface area contributed by atoms with Crippen molar-refractivity contribution in [3.63, 3.8) is 0 Å². The highest BCUT2D eigenvalue weighted by atomic mass is 32.2. The molecule has 16 heavy (non-hydrogen) atoms. The van der Waals surface area contributed by atoms with Crippen LogP contribution in [0.25, 0.3) is 0 Å². The van der Waals surface area contributed by atoms with Gasteiger partial charge in [0, 0.05) is 32.8 Å². The molecule has 2 fully saturated rings. The number of hydrogen-bond donors (Lipinski definition) is 1. The summed E-state index contributed by atoms with van der Waals surface area (Å²) in [5, 5.41) is 2.87. The first-order valence-corrected chi connectivity index (χ1v) is 7.38. The van der Waals surface area contributed by atoms with Crippen LogP contribution in [0.3, 0.4) is 0 Å². The minimum absolute atomic E-state index is 0.124. The standard InChI is InChI=1S/C10H20N2O3S/c1-12(9-3-6-15-7-4-9)16(13,14)10-2-5-11-8-10/h9-11H,2-8H2,1H3. The van der Waals surface area contributed by atoms with Crippen molar-refractivity contribution in [2.75, 3.05) is 33.4 Å². The largest absolute Gasteiger partial charge is 0.381 e. The average Bonchev–Trinajstić information content (AvgIpc) is 2.83. The summed E-state index contributed by atoms with van der Waals surface area (Å²) in [6.45, 7) is 2.75. The molecule has 2 aliphatic rings. The molecule has 0 aromatic rings. The van der Waals surface area contributed by atoms with E-state index < -0.39 is 10.0 Å². The van der Waals surface area contributed by atoms with Gasteiger partial charge in [-0.2, -0.15) is 0 Å². The summed E-state index contributed by atoms with van der Waals surface area (Å²) in [5.41, 5.74) is 0. The van der Waals surface area contributed by atoms with Gasteiger partial charge in [-0.05, 0) is 25.8 Å². The molecule has 0 amide bonds. The molecule has 1 atom stereocenters. The van der Waals surface area contributed by atoms with E-state index in [0.717, 1.165) is 25.8 Å². The summed E-state index contributed by atoms with van der Waals surface area (Å²) >= 11 is 0. The van der Waals surface area contributed by atoms with E-state index in [1.165, 1.54) is 0 Å². The number of sulfonamides is 1. The first-order valence-electron chi connectivity index (χ1n) is 5.87. The van der Waals surface area contributed by atoms with Crippen LogP contribution in [-0.2, 0) is 14.8 Å². The number of rotatable bonds is 3. The summed E-state index contributed by atoms with van der Waals surface area (Å²) in [7, 11) is -1.41. The van der Waals surface area contributed by atoms with Crippen LogP contribution >= 0.6 is 0 Å². The van der Waals surface area contributed by atoms with E-state index in [1.54, 1.807) is 11.4 Å². The van der Waals surface area contributed by atoms with Crippen molar-refractivity contribution >= 4 is 10.0 Å². The van der Waals surface area contributed by atoms with Gasteiger partial charge in [-0.25, -0.2) is 12.7 Å². The summed E-state index contributed by atoms with van der Waals surface area (Å²) in [6, 6.07) is 0.124. The van der Waals surface area contributed by atoms with Crippen molar-refractivity contribution in [1.82, 2.24) is 9.62 Å². The van der Waals surface area contributed by atoms with Crippen molar-refractivity contribution < 1.29 is 13.2 Å². The van der Waals surface area contributed by atoms with Crippen molar-refractivity contribution in [3.05, 3.63) is 0 Å². The van der Waals surface area contributed by atoms with Gasteiger partial charge in [0.15, 0.2) is 0 Å². The Bertz CT molecular complexity index is 319. The lowest BCUT2D eigenvalue weighted by atomic mass is 10.1. The first kappa shape index (κ1) is 12.3. The molecule has 2 rings (SSSR count). The zero-order valence-electron chi connectivity index (χ0n) is 9.68. The average molecular weight is 248 g/mol. The molecule has 0 radical (unpaired) electrons. The minimum Gasteiger partial charge on any atom is -0.381 e. The van der Waals surface area contributed by atoms with Crippen molar-refractivity contribution in [3.8, 4) is 0 Å². The summed E-state index contributed by atoms with van der Waals surface area (Å²) < 4.78 is 31.4. The van der Waals surface area contributed by atoms with Crippen LogP contribution in [0, 0.1) is 0 Å². The Labute approximate surface area is 97.2 Å². The number of nitrogens with zero attached hydrogens (tertiary/aromatic N) is 1. The predicted molar refractivity (Wildman–Crippen MR) is 61.8 cm³/mol. The predicted octanol–water partition coefficient (Wildman–Crippen LogP) is -0.211. The van der Waals surface area contributed by atoms with Crippen LogP contribution in [0.15, 0.2) is 0 Å². The first-order chi connectivity index (χ1) is 7.62. The second-order valence-electron chi connectivity index (χ2n) is 4.52. The fourth-order valence-electron chi connectivity index (χ4n) is 2.37. The van der Waals surface area contributed by atoms with Crippen LogP contribution in [-0.4, -0.2) is 57.4 Å². The van der Waals surface area contributed by atoms with Gasteiger partial charge in [0.1, 0.15) is 0 Å². The van der Waals surface area contributed by atoms with E-state index in [9.17, 15) is 8.42 Å². The molecule has 0 aliphatic carbocycles. The molecule has 1 unspecified atom stereocenters. The topological polar surface area (TPSA) is 58.6 Å². The molecule has 2 saturated heterocycles. The minimum atomic E-state index is -3.12. The molecule has 0 bridgehead atoms. The zero-order chi connectivity index (χ0) is 11.6. The van der Waals surface area contributed by atoms with Crippen molar-refractivity contribution in [1.29, 1.82) is 0 Å². The zero-order valence-corrected chi connectivity index (χ0v) is 10.5. The van der Waals surface area contributed by atoms with Crippen LogP contribution in [0.1, 0.15) is 19.3 Å². The molecule has 0 spiro atoms. The van der Waals surface area contributed by atoms with Gasteiger partial charge >= 0.3 is 0 Å². The van der Waals surface area contributed by atoms with Gasteiger partial charge in [0.2, 0.25) is 10.0 Å². The molecule has 1 N–H and O–H groups in total. The highest BCUT2D eigenvalue weighted by Gasteiger charge is 2.35. The molecule has 0 aromatic heterocycles. The Balaban J connectivity index is 2.03. The second-order valence-corrected chi connectivity index (χ2v) is 6.79. The normalized spacial score (nSPS) is 28.8. The summed E-state index contributed by atoms with van der Waals surface area (Å²) in [4.78, 5) is 0. The SMILES string of the molecule is CN(C1CCOCC1)S(=O)(=O)C1CCNC1. The smallest absolute Gasteiger partial charge is 0.218 e. The maximum atomic E-state index is 12.3. The quantitative estimate of drug-likeness (QED) is 0.751. The van der Waals surface area contributed by atoms with Gasteiger partial charge in [-0.3, -0.25) is 0 Å². The maximum Gasteiger partial charge on any atom is 0.218 e. The molecule has 2 aliphatic heterocycles. The maximum absolute atomic E-state index is 12.3. The molecule has 0 aromatic carbocycles. The van der Waals surface area contributed by atoms with E-state index in [2.05, 4.69) is 5.32 Å². The lowest BCUT2D eigenvalue weighted by molar-refractivity contribution is 0.0630. The molecule has 94 valence electrons. The van der Waals surface area contributed by atoms with E-state index in [-0.39, 0.29) is 11.3 Å². The van der Waals surface area contributed by atoms with E-state index in [4.69, 9.17) is 4.74 Å². The Morgan fingerprint density at radius 3 is 2.50 bits per heavy atom.